The molecule has 0 aromatic heterocycles. The second kappa shape index (κ2) is 6.71. The molecule has 6 nitrogen and oxygen atoms in total. The monoisotopic (exact) mass is 398 g/mol. The standard InChI is InChI=1S/C23H30N2O4/c1-12-8-15-9-16-10-17(11-19(15)16)21(12)25-22(27)13(2)24(25)23(28)18-6-4-5-7-20(18)29-14(3)26/h4,6,12-13,15-17,19,21H,5,7-11H2,1-3H3. The lowest BCUT2D eigenvalue weighted by molar-refractivity contribution is -0.212. The van der Waals surface area contributed by atoms with E-state index >= 15 is 0 Å². The van der Waals surface area contributed by atoms with Gasteiger partial charge in [0.1, 0.15) is 11.8 Å². The third-order valence-electron chi connectivity index (χ3n) is 8.03. The summed E-state index contributed by atoms with van der Waals surface area (Å²) in [6, 6.07) is -0.364. The molecule has 1 heterocycles. The summed E-state index contributed by atoms with van der Waals surface area (Å²) in [5, 5.41) is 3.42. The largest absolute Gasteiger partial charge is 0.430 e. The number of carbonyl (C=O) groups excluding carboxylic acids is 3. The van der Waals surface area contributed by atoms with E-state index in [0.717, 1.165) is 30.6 Å². The Hall–Kier alpha value is -2.11. The minimum atomic E-state index is -0.467. The van der Waals surface area contributed by atoms with Crippen molar-refractivity contribution in [3.63, 3.8) is 0 Å². The van der Waals surface area contributed by atoms with Gasteiger partial charge in [-0.15, -0.1) is 0 Å². The molecule has 5 aliphatic rings. The van der Waals surface area contributed by atoms with Crippen LogP contribution in [0.4, 0.5) is 0 Å². The van der Waals surface area contributed by atoms with Crippen molar-refractivity contribution in [2.75, 3.05) is 0 Å². The smallest absolute Gasteiger partial charge is 0.307 e. The Kier molecular flexibility index (Phi) is 4.37. The van der Waals surface area contributed by atoms with Gasteiger partial charge in [-0.1, -0.05) is 13.0 Å². The second-order valence-corrected chi connectivity index (χ2v) is 9.73. The zero-order chi connectivity index (χ0) is 20.4. The number of esters is 1. The van der Waals surface area contributed by atoms with E-state index in [2.05, 4.69) is 6.92 Å². The normalized spacial score (nSPS) is 40.4. The van der Waals surface area contributed by atoms with Gasteiger partial charge < -0.3 is 4.74 Å². The van der Waals surface area contributed by atoms with Crippen LogP contribution >= 0.6 is 0 Å². The number of nitrogens with zero attached hydrogens (tertiary/aromatic N) is 2. The molecular formula is C23H30N2O4. The van der Waals surface area contributed by atoms with E-state index < -0.39 is 12.0 Å². The van der Waals surface area contributed by atoms with Gasteiger partial charge in [-0.25, -0.2) is 10.0 Å². The lowest BCUT2D eigenvalue weighted by atomic mass is 9.63. The first kappa shape index (κ1) is 18.9. The van der Waals surface area contributed by atoms with Gasteiger partial charge in [0.2, 0.25) is 0 Å². The molecule has 156 valence electrons. The first-order valence-corrected chi connectivity index (χ1v) is 11.1. The maximum Gasteiger partial charge on any atom is 0.307 e. The van der Waals surface area contributed by atoms with Crippen molar-refractivity contribution in [1.82, 2.24) is 10.0 Å². The van der Waals surface area contributed by atoms with E-state index in [0.29, 0.717) is 29.6 Å². The predicted octanol–water partition coefficient (Wildman–Crippen LogP) is 3.20. The molecule has 0 radical (unpaired) electrons. The second-order valence-electron chi connectivity index (χ2n) is 9.73. The van der Waals surface area contributed by atoms with E-state index in [1.807, 2.05) is 6.08 Å². The number of fused-ring (bicyclic) bond motifs is 1. The number of rotatable bonds is 3. The number of carbonyl (C=O) groups is 3. The van der Waals surface area contributed by atoms with Crippen LogP contribution in [0.3, 0.4) is 0 Å². The van der Waals surface area contributed by atoms with E-state index in [-0.39, 0.29) is 17.9 Å². The van der Waals surface area contributed by atoms with Crippen molar-refractivity contribution < 1.29 is 19.1 Å². The van der Waals surface area contributed by atoms with Crippen molar-refractivity contribution in [3.8, 4) is 0 Å². The zero-order valence-electron chi connectivity index (χ0n) is 17.5. The number of amides is 2. The van der Waals surface area contributed by atoms with Crippen LogP contribution in [-0.4, -0.2) is 39.9 Å². The molecule has 1 aliphatic heterocycles. The van der Waals surface area contributed by atoms with Crippen LogP contribution in [0.1, 0.15) is 59.3 Å². The summed E-state index contributed by atoms with van der Waals surface area (Å²) in [5.41, 5.74) is 0.407. The summed E-state index contributed by atoms with van der Waals surface area (Å²) >= 11 is 0. The highest BCUT2D eigenvalue weighted by Gasteiger charge is 2.59. The molecule has 4 fully saturated rings. The Bertz CT molecular complexity index is 831. The lowest BCUT2D eigenvalue weighted by Gasteiger charge is -2.55. The molecule has 0 aromatic carbocycles. The molecule has 7 atom stereocenters. The molecule has 1 saturated heterocycles. The van der Waals surface area contributed by atoms with Crippen LogP contribution in [0.15, 0.2) is 23.5 Å². The number of allylic oxidation sites excluding steroid dienone is 2. The van der Waals surface area contributed by atoms with Gasteiger partial charge in [0, 0.05) is 13.3 Å². The van der Waals surface area contributed by atoms with Gasteiger partial charge in [0.15, 0.2) is 0 Å². The molecular weight excluding hydrogens is 368 g/mol. The van der Waals surface area contributed by atoms with Crippen LogP contribution in [0, 0.1) is 29.6 Å². The van der Waals surface area contributed by atoms with Gasteiger partial charge in [-0.2, -0.15) is 0 Å². The quantitative estimate of drug-likeness (QED) is 0.685. The summed E-state index contributed by atoms with van der Waals surface area (Å²) < 4.78 is 5.33. The molecule has 7 unspecified atom stereocenters. The van der Waals surface area contributed by atoms with Gasteiger partial charge in [0.05, 0.1) is 11.6 Å². The minimum absolute atomic E-state index is 0.0450. The maximum atomic E-state index is 13.5. The van der Waals surface area contributed by atoms with E-state index in [9.17, 15) is 14.4 Å². The van der Waals surface area contributed by atoms with E-state index in [1.54, 1.807) is 23.0 Å². The first-order chi connectivity index (χ1) is 13.9. The van der Waals surface area contributed by atoms with Crippen molar-refractivity contribution in [2.45, 2.75) is 71.4 Å². The topological polar surface area (TPSA) is 66.9 Å². The maximum absolute atomic E-state index is 13.5. The summed E-state index contributed by atoms with van der Waals surface area (Å²) in [6.45, 7) is 5.40. The van der Waals surface area contributed by atoms with Crippen LogP contribution < -0.4 is 0 Å². The Morgan fingerprint density at radius 3 is 2.55 bits per heavy atom. The average molecular weight is 399 g/mol. The minimum Gasteiger partial charge on any atom is -0.430 e. The fraction of sp³-hybridized carbons (Fsp3) is 0.696. The van der Waals surface area contributed by atoms with E-state index in [1.165, 1.54) is 26.2 Å². The molecule has 2 bridgehead atoms. The van der Waals surface area contributed by atoms with Gasteiger partial charge in [-0.3, -0.25) is 14.4 Å². The molecule has 0 aromatic rings. The van der Waals surface area contributed by atoms with Crippen molar-refractivity contribution in [1.29, 1.82) is 0 Å². The summed E-state index contributed by atoms with van der Waals surface area (Å²) in [7, 11) is 0. The summed E-state index contributed by atoms with van der Waals surface area (Å²) in [5.74, 6) is 3.19. The van der Waals surface area contributed by atoms with Gasteiger partial charge in [-0.05, 0) is 74.7 Å². The van der Waals surface area contributed by atoms with Gasteiger partial charge in [0.25, 0.3) is 11.8 Å². The van der Waals surface area contributed by atoms with Crippen molar-refractivity contribution in [2.24, 2.45) is 29.6 Å². The highest BCUT2D eigenvalue weighted by molar-refractivity contribution is 6.04. The molecule has 0 N–H and O–H groups in total. The van der Waals surface area contributed by atoms with Gasteiger partial charge >= 0.3 is 5.97 Å². The van der Waals surface area contributed by atoms with Crippen LogP contribution in [0.25, 0.3) is 0 Å². The lowest BCUT2D eigenvalue weighted by Crippen LogP contribution is -2.74. The predicted molar refractivity (Wildman–Crippen MR) is 106 cm³/mol. The Morgan fingerprint density at radius 1 is 1.07 bits per heavy atom. The summed E-state index contributed by atoms with van der Waals surface area (Å²) in [4.78, 5) is 37.9. The summed E-state index contributed by atoms with van der Waals surface area (Å²) in [6.07, 6.45) is 9.85. The molecule has 4 aliphatic carbocycles. The number of hydrogen-bond donors (Lipinski definition) is 0. The highest BCUT2D eigenvalue weighted by atomic mass is 16.5. The third-order valence-corrected chi connectivity index (χ3v) is 8.03. The van der Waals surface area contributed by atoms with E-state index in [4.69, 9.17) is 4.74 Å². The third kappa shape index (κ3) is 2.78. The molecule has 6 heteroatoms. The number of ether oxygens (including phenoxy) is 1. The zero-order valence-corrected chi connectivity index (χ0v) is 17.5. The van der Waals surface area contributed by atoms with Crippen LogP contribution in [0.5, 0.6) is 0 Å². The Balaban J connectivity index is 1.44. The molecule has 2 amide bonds. The Labute approximate surface area is 171 Å². The number of hydrazine groups is 1. The Morgan fingerprint density at radius 2 is 1.79 bits per heavy atom. The average Bonchev–Trinajstić information content (AvgIpc) is 2.96. The van der Waals surface area contributed by atoms with Crippen LogP contribution in [0.2, 0.25) is 0 Å². The number of hydrogen-bond acceptors (Lipinski definition) is 4. The highest BCUT2D eigenvalue weighted by Crippen LogP contribution is 2.60. The molecule has 3 saturated carbocycles. The van der Waals surface area contributed by atoms with Crippen molar-refractivity contribution >= 4 is 17.8 Å². The molecule has 29 heavy (non-hydrogen) atoms. The molecule has 5 rings (SSSR count). The van der Waals surface area contributed by atoms with Crippen molar-refractivity contribution in [3.05, 3.63) is 23.5 Å². The fourth-order valence-corrected chi connectivity index (χ4v) is 6.82. The fourth-order valence-electron chi connectivity index (χ4n) is 6.82. The molecule has 0 spiro atoms. The van der Waals surface area contributed by atoms with Crippen LogP contribution in [-0.2, 0) is 19.1 Å². The first-order valence-electron chi connectivity index (χ1n) is 11.1. The SMILES string of the molecule is CC(=O)OC1=C(C(=O)N2C(C)C(=O)N2C2C(C)CC3CC4CC2CC34)C=CCC1.